The Labute approximate surface area is 106 Å². The van der Waals surface area contributed by atoms with Crippen molar-refractivity contribution < 1.29 is 0 Å². The summed E-state index contributed by atoms with van der Waals surface area (Å²) in [7, 11) is 0. The summed E-state index contributed by atoms with van der Waals surface area (Å²) in [5, 5.41) is 3.48. The Hall–Kier alpha value is -0.0800. The minimum absolute atomic E-state index is 0.985. The molecule has 3 rings (SSSR count). The van der Waals surface area contributed by atoms with E-state index < -0.39 is 0 Å². The van der Waals surface area contributed by atoms with Crippen LogP contribution in [0.25, 0.3) is 0 Å². The van der Waals surface area contributed by atoms with Crippen molar-refractivity contribution in [2.45, 2.75) is 44.9 Å². The van der Waals surface area contributed by atoms with Crippen molar-refractivity contribution in [1.29, 1.82) is 0 Å². The molecule has 2 saturated heterocycles. The molecule has 2 nitrogen and oxygen atoms in total. The van der Waals surface area contributed by atoms with Crippen LogP contribution < -0.4 is 5.32 Å². The summed E-state index contributed by atoms with van der Waals surface area (Å²) in [4.78, 5) is 2.78. The van der Waals surface area contributed by atoms with Gasteiger partial charge in [-0.15, -0.1) is 0 Å². The highest BCUT2D eigenvalue weighted by Gasteiger charge is 2.30. The normalized spacial score (nSPS) is 38.5. The van der Waals surface area contributed by atoms with Crippen LogP contribution in [-0.2, 0) is 0 Å². The van der Waals surface area contributed by atoms with Crippen molar-refractivity contribution >= 4 is 0 Å². The minimum atomic E-state index is 0.985. The predicted molar refractivity (Wildman–Crippen MR) is 72.1 cm³/mol. The number of likely N-dealkylation sites (tertiary alicyclic amines) is 1. The Bertz CT molecular complexity index is 223. The van der Waals surface area contributed by atoms with Gasteiger partial charge in [0.1, 0.15) is 0 Å². The first-order chi connectivity index (χ1) is 8.40. The zero-order chi connectivity index (χ0) is 11.5. The lowest BCUT2D eigenvalue weighted by Crippen LogP contribution is -2.43. The monoisotopic (exact) mass is 236 g/mol. The fourth-order valence-corrected chi connectivity index (χ4v) is 4.29. The van der Waals surface area contributed by atoms with E-state index >= 15 is 0 Å². The summed E-state index contributed by atoms with van der Waals surface area (Å²) in [5.74, 6) is 3.09. The molecule has 3 fully saturated rings. The van der Waals surface area contributed by atoms with Gasteiger partial charge >= 0.3 is 0 Å². The van der Waals surface area contributed by atoms with E-state index in [0.29, 0.717) is 0 Å². The third-order valence-electron chi connectivity index (χ3n) is 5.17. The molecule has 0 radical (unpaired) electrons. The van der Waals surface area contributed by atoms with Crippen LogP contribution in [0.2, 0.25) is 0 Å². The maximum atomic E-state index is 3.48. The van der Waals surface area contributed by atoms with Gasteiger partial charge in [0, 0.05) is 13.1 Å². The number of nitrogens with zero attached hydrogens (tertiary/aromatic N) is 1. The van der Waals surface area contributed by atoms with Crippen LogP contribution in [0.1, 0.15) is 44.9 Å². The first-order valence-electron chi connectivity index (χ1n) is 7.83. The van der Waals surface area contributed by atoms with Crippen LogP contribution in [-0.4, -0.2) is 37.6 Å². The lowest BCUT2D eigenvalue weighted by Gasteiger charge is -2.41. The summed E-state index contributed by atoms with van der Waals surface area (Å²) in [6.07, 6.45) is 10.4. The van der Waals surface area contributed by atoms with Gasteiger partial charge in [-0.3, -0.25) is 0 Å². The SMILES string of the molecule is C1CC2CC(C1)CN(CCCC1CCNC1)C2. The Kier molecular flexibility index (Phi) is 4.02. The van der Waals surface area contributed by atoms with Crippen LogP contribution in [0.3, 0.4) is 0 Å². The molecular formula is C15H28N2. The number of hydrogen-bond acceptors (Lipinski definition) is 2. The predicted octanol–water partition coefficient (Wildman–Crippen LogP) is 2.50. The molecule has 0 aromatic carbocycles. The van der Waals surface area contributed by atoms with Crippen molar-refractivity contribution in [1.82, 2.24) is 10.2 Å². The summed E-state index contributed by atoms with van der Waals surface area (Å²) >= 11 is 0. The number of piperidine rings is 1. The van der Waals surface area contributed by atoms with Crippen molar-refractivity contribution in [3.63, 3.8) is 0 Å². The maximum Gasteiger partial charge on any atom is 0.000988 e. The molecule has 3 unspecified atom stereocenters. The highest BCUT2D eigenvalue weighted by atomic mass is 15.1. The van der Waals surface area contributed by atoms with E-state index in [-0.39, 0.29) is 0 Å². The van der Waals surface area contributed by atoms with Crippen LogP contribution in [0, 0.1) is 17.8 Å². The molecule has 2 aliphatic heterocycles. The molecule has 98 valence electrons. The molecule has 0 aromatic rings. The van der Waals surface area contributed by atoms with E-state index in [1.54, 1.807) is 6.42 Å². The molecule has 2 heteroatoms. The molecule has 0 amide bonds. The molecule has 1 aliphatic carbocycles. The number of rotatable bonds is 4. The second-order valence-corrected chi connectivity index (χ2v) is 6.66. The molecule has 2 heterocycles. The molecular weight excluding hydrogens is 208 g/mol. The summed E-state index contributed by atoms with van der Waals surface area (Å²) in [6.45, 7) is 6.76. The van der Waals surface area contributed by atoms with Gasteiger partial charge in [-0.05, 0) is 75.9 Å². The lowest BCUT2D eigenvalue weighted by molar-refractivity contribution is 0.0841. The quantitative estimate of drug-likeness (QED) is 0.807. The van der Waals surface area contributed by atoms with E-state index in [1.165, 1.54) is 71.2 Å². The summed E-state index contributed by atoms with van der Waals surface area (Å²) in [5.41, 5.74) is 0. The smallest absolute Gasteiger partial charge is 0.000988 e. The average Bonchev–Trinajstić information content (AvgIpc) is 2.82. The van der Waals surface area contributed by atoms with E-state index in [1.807, 2.05) is 0 Å². The number of fused-ring (bicyclic) bond motifs is 2. The van der Waals surface area contributed by atoms with Crippen LogP contribution >= 0.6 is 0 Å². The number of nitrogens with one attached hydrogen (secondary N) is 1. The first kappa shape index (κ1) is 12.0. The van der Waals surface area contributed by atoms with Crippen molar-refractivity contribution in [2.75, 3.05) is 32.7 Å². The molecule has 0 aromatic heterocycles. The van der Waals surface area contributed by atoms with Crippen LogP contribution in [0.15, 0.2) is 0 Å². The summed E-state index contributed by atoms with van der Waals surface area (Å²) in [6, 6.07) is 0. The molecule has 3 atom stereocenters. The first-order valence-corrected chi connectivity index (χ1v) is 7.83. The van der Waals surface area contributed by atoms with Gasteiger partial charge in [0.25, 0.3) is 0 Å². The minimum Gasteiger partial charge on any atom is -0.316 e. The van der Waals surface area contributed by atoms with E-state index in [9.17, 15) is 0 Å². The van der Waals surface area contributed by atoms with Crippen molar-refractivity contribution in [3.05, 3.63) is 0 Å². The van der Waals surface area contributed by atoms with Crippen molar-refractivity contribution in [2.24, 2.45) is 17.8 Å². The van der Waals surface area contributed by atoms with Crippen LogP contribution in [0.5, 0.6) is 0 Å². The van der Waals surface area contributed by atoms with Crippen LogP contribution in [0.4, 0.5) is 0 Å². The van der Waals surface area contributed by atoms with Gasteiger partial charge < -0.3 is 10.2 Å². The van der Waals surface area contributed by atoms with Gasteiger partial charge in [-0.2, -0.15) is 0 Å². The van der Waals surface area contributed by atoms with Gasteiger partial charge in [0.15, 0.2) is 0 Å². The lowest BCUT2D eigenvalue weighted by atomic mass is 9.78. The summed E-state index contributed by atoms with van der Waals surface area (Å²) < 4.78 is 0. The average molecular weight is 236 g/mol. The van der Waals surface area contributed by atoms with Crippen molar-refractivity contribution in [3.8, 4) is 0 Å². The van der Waals surface area contributed by atoms with Gasteiger partial charge in [-0.25, -0.2) is 0 Å². The fourth-order valence-electron chi connectivity index (χ4n) is 4.29. The number of hydrogen-bond donors (Lipinski definition) is 1. The third kappa shape index (κ3) is 3.23. The largest absolute Gasteiger partial charge is 0.316 e. The van der Waals surface area contributed by atoms with Gasteiger partial charge in [0.2, 0.25) is 0 Å². The van der Waals surface area contributed by atoms with Gasteiger partial charge in [0.05, 0.1) is 0 Å². The van der Waals surface area contributed by atoms with Gasteiger partial charge in [-0.1, -0.05) is 6.42 Å². The second kappa shape index (κ2) is 5.71. The molecule has 1 saturated carbocycles. The standard InChI is InChI=1S/C15H28N2/c1-3-14-9-15(4-1)12-17(11-14)8-2-5-13-6-7-16-10-13/h13-16H,1-12H2. The highest BCUT2D eigenvalue weighted by molar-refractivity contribution is 4.83. The molecule has 3 aliphatic rings. The maximum absolute atomic E-state index is 3.48. The molecule has 2 bridgehead atoms. The van der Waals surface area contributed by atoms with E-state index in [4.69, 9.17) is 0 Å². The zero-order valence-electron chi connectivity index (χ0n) is 11.2. The highest BCUT2D eigenvalue weighted by Crippen LogP contribution is 2.34. The van der Waals surface area contributed by atoms with E-state index in [2.05, 4.69) is 10.2 Å². The fraction of sp³-hybridized carbons (Fsp3) is 1.00. The molecule has 17 heavy (non-hydrogen) atoms. The Balaban J connectivity index is 1.37. The Morgan fingerprint density at radius 1 is 1.06 bits per heavy atom. The molecule has 1 N–H and O–H groups in total. The zero-order valence-corrected chi connectivity index (χ0v) is 11.2. The topological polar surface area (TPSA) is 15.3 Å². The molecule has 0 spiro atoms. The Morgan fingerprint density at radius 2 is 1.88 bits per heavy atom. The second-order valence-electron chi connectivity index (χ2n) is 6.66. The third-order valence-corrected chi connectivity index (χ3v) is 5.17. The Morgan fingerprint density at radius 3 is 2.59 bits per heavy atom. The van der Waals surface area contributed by atoms with E-state index in [0.717, 1.165) is 17.8 Å².